The Morgan fingerprint density at radius 1 is 0.829 bits per heavy atom. The highest BCUT2D eigenvalue weighted by molar-refractivity contribution is 5.98. The molecule has 0 aliphatic carbocycles. The van der Waals surface area contributed by atoms with E-state index < -0.39 is 38.0 Å². The number of hydrazone groups is 1. The van der Waals surface area contributed by atoms with Crippen molar-refractivity contribution in [1.29, 1.82) is 0 Å². The number of rotatable bonds is 8. The zero-order chi connectivity index (χ0) is 25.5. The average molecular weight is 479 g/mol. The van der Waals surface area contributed by atoms with Gasteiger partial charge in [0.2, 0.25) is 0 Å². The predicted octanol–water partition coefficient (Wildman–Crippen LogP) is 3.39. The molecule has 0 atom stereocenters. The summed E-state index contributed by atoms with van der Waals surface area (Å²) in [7, 11) is 0. The first-order valence-corrected chi connectivity index (χ1v) is 9.48. The highest BCUT2D eigenvalue weighted by Crippen LogP contribution is 2.24. The number of nitro benzene ring substituents is 3. The fraction of sp³-hybridized carbons (Fsp3) is 0. The zero-order valence-corrected chi connectivity index (χ0v) is 17.4. The van der Waals surface area contributed by atoms with Crippen LogP contribution in [-0.2, 0) is 0 Å². The summed E-state index contributed by atoms with van der Waals surface area (Å²) in [5, 5.41) is 36.7. The summed E-state index contributed by atoms with van der Waals surface area (Å²) in [5.41, 5.74) is 0.428. The minimum absolute atomic E-state index is 0.0326. The normalized spacial score (nSPS) is 10.5. The molecule has 0 saturated heterocycles. The lowest BCUT2D eigenvalue weighted by Crippen LogP contribution is -2.18. The molecule has 0 saturated carbocycles. The summed E-state index contributed by atoms with van der Waals surface area (Å²) in [5.74, 6) is -1.80. The Bertz CT molecular complexity index is 1340. The van der Waals surface area contributed by atoms with Gasteiger partial charge >= 0.3 is 5.97 Å². The number of carbonyl (C=O) groups excluding carboxylic acids is 2. The molecule has 3 aromatic rings. The smallest absolute Gasteiger partial charge is 0.344 e. The predicted molar refractivity (Wildman–Crippen MR) is 119 cm³/mol. The van der Waals surface area contributed by atoms with Gasteiger partial charge in [-0.25, -0.2) is 10.2 Å². The van der Waals surface area contributed by atoms with E-state index in [4.69, 9.17) is 4.74 Å². The molecule has 14 nitrogen and oxygen atoms in total. The summed E-state index contributed by atoms with van der Waals surface area (Å²) in [4.78, 5) is 55.0. The van der Waals surface area contributed by atoms with Crippen LogP contribution in [0.25, 0.3) is 0 Å². The first-order valence-electron chi connectivity index (χ1n) is 9.48. The number of nitrogens with zero attached hydrogens (tertiary/aromatic N) is 4. The molecule has 1 N–H and O–H groups in total. The van der Waals surface area contributed by atoms with Crippen LogP contribution in [0.3, 0.4) is 0 Å². The first kappa shape index (κ1) is 24.1. The number of benzene rings is 3. The molecule has 0 bridgehead atoms. The number of ether oxygens (including phenoxy) is 1. The van der Waals surface area contributed by atoms with Crippen molar-refractivity contribution in [3.8, 4) is 5.75 Å². The van der Waals surface area contributed by atoms with E-state index in [0.29, 0.717) is 5.56 Å². The summed E-state index contributed by atoms with van der Waals surface area (Å²) in [6, 6.07) is 13.4. The lowest BCUT2D eigenvalue weighted by molar-refractivity contribution is -0.394. The van der Waals surface area contributed by atoms with Gasteiger partial charge in [0.05, 0.1) is 32.6 Å². The third kappa shape index (κ3) is 6.04. The summed E-state index contributed by atoms with van der Waals surface area (Å²) in [6.07, 6.45) is 1.24. The van der Waals surface area contributed by atoms with E-state index in [2.05, 4.69) is 10.5 Å². The largest absolute Gasteiger partial charge is 0.423 e. The van der Waals surface area contributed by atoms with E-state index in [0.717, 1.165) is 18.2 Å². The Morgan fingerprint density at radius 3 is 2.00 bits per heavy atom. The Kier molecular flexibility index (Phi) is 7.16. The number of hydrogen-bond donors (Lipinski definition) is 1. The third-order valence-electron chi connectivity index (χ3n) is 4.38. The Hall–Kier alpha value is -5.53. The fourth-order valence-corrected chi connectivity index (χ4v) is 2.76. The second-order valence-corrected chi connectivity index (χ2v) is 6.68. The van der Waals surface area contributed by atoms with E-state index >= 15 is 0 Å². The maximum atomic E-state index is 12.3. The van der Waals surface area contributed by atoms with Gasteiger partial charge < -0.3 is 4.74 Å². The number of esters is 1. The van der Waals surface area contributed by atoms with Crippen LogP contribution >= 0.6 is 0 Å². The highest BCUT2D eigenvalue weighted by Gasteiger charge is 2.21. The molecule has 0 aromatic heterocycles. The topological polar surface area (TPSA) is 197 Å². The molecule has 35 heavy (non-hydrogen) atoms. The number of nitro groups is 3. The Balaban J connectivity index is 1.67. The molecule has 0 fully saturated rings. The third-order valence-corrected chi connectivity index (χ3v) is 4.38. The second-order valence-electron chi connectivity index (χ2n) is 6.68. The molecule has 0 radical (unpaired) electrons. The van der Waals surface area contributed by atoms with Crippen molar-refractivity contribution in [3.63, 3.8) is 0 Å². The first-order chi connectivity index (χ1) is 16.7. The monoisotopic (exact) mass is 479 g/mol. The maximum Gasteiger partial charge on any atom is 0.344 e. The molecule has 0 spiro atoms. The van der Waals surface area contributed by atoms with Crippen LogP contribution in [0, 0.1) is 30.3 Å². The van der Waals surface area contributed by atoms with E-state index in [9.17, 15) is 39.9 Å². The molecule has 1 amide bonds. The van der Waals surface area contributed by atoms with Gasteiger partial charge in [0.25, 0.3) is 23.0 Å². The van der Waals surface area contributed by atoms with Crippen LogP contribution in [0.2, 0.25) is 0 Å². The number of non-ortho nitro benzene ring substituents is 2. The molecule has 0 aliphatic heterocycles. The lowest BCUT2D eigenvalue weighted by atomic mass is 10.1. The van der Waals surface area contributed by atoms with Crippen molar-refractivity contribution < 1.29 is 29.1 Å². The Labute approximate surface area is 194 Å². The molecule has 3 aromatic carbocycles. The molecule has 176 valence electrons. The van der Waals surface area contributed by atoms with Crippen LogP contribution in [-0.4, -0.2) is 32.9 Å². The lowest BCUT2D eigenvalue weighted by Gasteiger charge is -2.05. The Morgan fingerprint density at radius 2 is 1.43 bits per heavy atom. The SMILES string of the molecule is O=C(Oc1ccc(/C=N/NC(=O)c2ccccc2[N+](=O)[O-])cc1)c1cc([N+](=O)[O-])cc([N+](=O)[O-])c1. The van der Waals surface area contributed by atoms with Gasteiger partial charge in [-0.05, 0) is 35.9 Å². The van der Waals surface area contributed by atoms with Crippen molar-refractivity contribution in [3.05, 3.63) is 114 Å². The van der Waals surface area contributed by atoms with Gasteiger partial charge in [-0.2, -0.15) is 5.10 Å². The second kappa shape index (κ2) is 10.4. The average Bonchev–Trinajstić information content (AvgIpc) is 2.84. The van der Waals surface area contributed by atoms with E-state index in [1.807, 2.05) is 0 Å². The molecular formula is C21H13N5O9. The number of carbonyl (C=O) groups is 2. The minimum atomic E-state index is -1.05. The van der Waals surface area contributed by atoms with Crippen molar-refractivity contribution >= 4 is 35.2 Å². The van der Waals surface area contributed by atoms with Crippen LogP contribution in [0.15, 0.2) is 71.8 Å². The van der Waals surface area contributed by atoms with Gasteiger partial charge in [-0.15, -0.1) is 0 Å². The molecule has 14 heteroatoms. The van der Waals surface area contributed by atoms with Crippen molar-refractivity contribution in [2.75, 3.05) is 0 Å². The summed E-state index contributed by atoms with van der Waals surface area (Å²) in [6.45, 7) is 0. The van der Waals surface area contributed by atoms with Gasteiger partial charge in [0.15, 0.2) is 0 Å². The van der Waals surface area contributed by atoms with Crippen molar-refractivity contribution in [2.45, 2.75) is 0 Å². The number of amides is 1. The van der Waals surface area contributed by atoms with Gasteiger partial charge in [0, 0.05) is 18.2 Å². The highest BCUT2D eigenvalue weighted by atomic mass is 16.6. The standard InChI is InChI=1S/C21H13N5O9/c27-20(18-3-1-2-4-19(18)26(33)34)23-22-12-13-5-7-17(8-6-13)35-21(28)14-9-15(24(29)30)11-16(10-14)25(31)32/h1-12H,(H,23,27)/b22-12+. The van der Waals surface area contributed by atoms with Crippen LogP contribution in [0.4, 0.5) is 17.1 Å². The molecular weight excluding hydrogens is 466 g/mol. The fourth-order valence-electron chi connectivity index (χ4n) is 2.76. The van der Waals surface area contributed by atoms with E-state index in [1.54, 1.807) is 0 Å². The minimum Gasteiger partial charge on any atom is -0.423 e. The van der Waals surface area contributed by atoms with Crippen LogP contribution in [0.1, 0.15) is 26.3 Å². The van der Waals surface area contributed by atoms with Gasteiger partial charge in [-0.3, -0.25) is 35.1 Å². The van der Waals surface area contributed by atoms with Crippen molar-refractivity contribution in [2.24, 2.45) is 5.10 Å². The molecule has 0 heterocycles. The molecule has 3 rings (SSSR count). The number of hydrogen-bond acceptors (Lipinski definition) is 10. The van der Waals surface area contributed by atoms with Crippen LogP contribution in [0.5, 0.6) is 5.75 Å². The quantitative estimate of drug-likeness (QED) is 0.165. The molecule has 0 aliphatic rings. The molecule has 0 unspecified atom stereocenters. The van der Waals surface area contributed by atoms with E-state index in [-0.39, 0.29) is 22.6 Å². The van der Waals surface area contributed by atoms with Gasteiger partial charge in [0.1, 0.15) is 11.3 Å². The van der Waals surface area contributed by atoms with Gasteiger partial charge in [-0.1, -0.05) is 12.1 Å². The zero-order valence-electron chi connectivity index (χ0n) is 17.4. The summed E-state index contributed by atoms with van der Waals surface area (Å²) >= 11 is 0. The maximum absolute atomic E-state index is 12.3. The van der Waals surface area contributed by atoms with E-state index in [1.165, 1.54) is 54.7 Å². The number of para-hydroxylation sites is 1. The van der Waals surface area contributed by atoms with Crippen LogP contribution < -0.4 is 10.2 Å². The summed E-state index contributed by atoms with van der Waals surface area (Å²) < 4.78 is 5.10. The number of nitrogens with one attached hydrogen (secondary N) is 1. The van der Waals surface area contributed by atoms with Crippen molar-refractivity contribution in [1.82, 2.24) is 5.43 Å².